The van der Waals surface area contributed by atoms with E-state index in [1.807, 2.05) is 44.2 Å². The van der Waals surface area contributed by atoms with Crippen molar-refractivity contribution in [2.75, 3.05) is 5.73 Å². The predicted octanol–water partition coefficient (Wildman–Crippen LogP) is 1.97. The predicted molar refractivity (Wildman–Crippen MR) is 58.8 cm³/mol. The van der Waals surface area contributed by atoms with Crippen LogP contribution < -0.4 is 10.5 Å². The molecule has 5 nitrogen and oxygen atoms in total. The molecule has 1 aromatic heterocycles. The van der Waals surface area contributed by atoms with Gasteiger partial charge in [-0.3, -0.25) is 0 Å². The van der Waals surface area contributed by atoms with Gasteiger partial charge in [0.2, 0.25) is 0 Å². The first-order valence-electron chi connectivity index (χ1n) is 4.91. The number of aromatic nitrogens is 2. The number of ether oxygens (including phenoxy) is 1. The summed E-state index contributed by atoms with van der Waals surface area (Å²) in [6, 6.07) is 9.48. The van der Waals surface area contributed by atoms with Gasteiger partial charge in [-0.25, -0.2) is 0 Å². The highest BCUT2D eigenvalue weighted by Crippen LogP contribution is 2.26. The Hall–Kier alpha value is -2.04. The molecule has 0 spiro atoms. The molecule has 0 aliphatic carbocycles. The number of nitrogens with two attached hydrogens (primary N) is 1. The van der Waals surface area contributed by atoms with Gasteiger partial charge in [-0.05, 0) is 26.0 Å². The summed E-state index contributed by atoms with van der Waals surface area (Å²) in [4.78, 5) is 0. The fourth-order valence-corrected chi connectivity index (χ4v) is 1.30. The van der Waals surface area contributed by atoms with E-state index in [1.54, 1.807) is 0 Å². The Balaban J connectivity index is 2.20. The molecule has 2 N–H and O–H groups in total. The van der Waals surface area contributed by atoms with Crippen LogP contribution in [0.2, 0.25) is 0 Å². The van der Waals surface area contributed by atoms with E-state index in [0.29, 0.717) is 5.89 Å². The maximum absolute atomic E-state index is 5.75. The molecular formula is C11H13N3O2. The second kappa shape index (κ2) is 3.84. The Labute approximate surface area is 93.2 Å². The zero-order valence-corrected chi connectivity index (χ0v) is 9.18. The van der Waals surface area contributed by atoms with Gasteiger partial charge in [0, 0.05) is 0 Å². The number of anilines is 1. The SMILES string of the molecule is CC(C)(Oc1ccccc1)c1nnc(N)o1. The van der Waals surface area contributed by atoms with Gasteiger partial charge in [0.1, 0.15) is 5.75 Å². The first kappa shape index (κ1) is 10.5. The molecule has 0 saturated carbocycles. The fourth-order valence-electron chi connectivity index (χ4n) is 1.30. The summed E-state index contributed by atoms with van der Waals surface area (Å²) >= 11 is 0. The Morgan fingerprint density at radius 2 is 1.88 bits per heavy atom. The highest BCUT2D eigenvalue weighted by molar-refractivity contribution is 5.22. The Bertz CT molecular complexity index is 465. The highest BCUT2D eigenvalue weighted by atomic mass is 16.5. The number of benzene rings is 1. The summed E-state index contributed by atoms with van der Waals surface area (Å²) in [5.74, 6) is 1.10. The molecule has 0 fully saturated rings. The first-order chi connectivity index (χ1) is 7.58. The molecule has 0 bridgehead atoms. The lowest BCUT2D eigenvalue weighted by Crippen LogP contribution is -2.25. The number of rotatable bonds is 3. The van der Waals surface area contributed by atoms with Crippen LogP contribution in [0.25, 0.3) is 0 Å². The Kier molecular flexibility index (Phi) is 2.52. The normalized spacial score (nSPS) is 11.4. The molecule has 0 amide bonds. The zero-order valence-electron chi connectivity index (χ0n) is 9.18. The van der Waals surface area contributed by atoms with Crippen LogP contribution in [0.5, 0.6) is 5.75 Å². The second-order valence-electron chi connectivity index (χ2n) is 3.87. The number of hydrogen-bond acceptors (Lipinski definition) is 5. The van der Waals surface area contributed by atoms with Crippen molar-refractivity contribution in [2.45, 2.75) is 19.4 Å². The van der Waals surface area contributed by atoms with Crippen molar-refractivity contribution in [3.63, 3.8) is 0 Å². The van der Waals surface area contributed by atoms with Crippen LogP contribution in [0.4, 0.5) is 6.01 Å². The minimum Gasteiger partial charge on any atom is -0.478 e. The molecule has 84 valence electrons. The second-order valence-corrected chi connectivity index (χ2v) is 3.87. The zero-order chi connectivity index (χ0) is 11.6. The molecule has 0 atom stereocenters. The Morgan fingerprint density at radius 1 is 1.19 bits per heavy atom. The van der Waals surface area contributed by atoms with Crippen LogP contribution in [0.1, 0.15) is 19.7 Å². The summed E-state index contributed by atoms with van der Waals surface area (Å²) in [5, 5.41) is 7.42. The van der Waals surface area contributed by atoms with E-state index >= 15 is 0 Å². The summed E-state index contributed by atoms with van der Waals surface area (Å²) in [7, 11) is 0. The first-order valence-corrected chi connectivity index (χ1v) is 4.91. The van der Waals surface area contributed by atoms with Crippen LogP contribution in [0.15, 0.2) is 34.7 Å². The lowest BCUT2D eigenvalue weighted by molar-refractivity contribution is 0.0772. The molecule has 2 rings (SSSR count). The molecule has 0 aliphatic heterocycles. The standard InChI is InChI=1S/C11H13N3O2/c1-11(2,9-13-14-10(12)15-9)16-8-6-4-3-5-7-8/h3-7H,1-2H3,(H2,12,14). The molecule has 2 aromatic rings. The lowest BCUT2D eigenvalue weighted by atomic mass is 10.1. The minimum atomic E-state index is -0.702. The third kappa shape index (κ3) is 2.13. The summed E-state index contributed by atoms with van der Waals surface area (Å²) in [6.45, 7) is 3.68. The van der Waals surface area contributed by atoms with Crippen LogP contribution in [0, 0.1) is 0 Å². The van der Waals surface area contributed by atoms with Gasteiger partial charge in [0.05, 0.1) is 0 Å². The minimum absolute atomic E-state index is 0.0414. The average molecular weight is 219 g/mol. The third-order valence-electron chi connectivity index (χ3n) is 2.07. The van der Waals surface area contributed by atoms with Gasteiger partial charge in [0.25, 0.3) is 5.89 Å². The van der Waals surface area contributed by atoms with E-state index < -0.39 is 5.60 Å². The Morgan fingerprint density at radius 3 is 2.44 bits per heavy atom. The van der Waals surface area contributed by atoms with E-state index in [0.717, 1.165) is 5.75 Å². The molecule has 0 saturated heterocycles. The van der Waals surface area contributed by atoms with Crippen molar-refractivity contribution in [3.8, 4) is 5.75 Å². The largest absolute Gasteiger partial charge is 0.478 e. The number of hydrogen-bond donors (Lipinski definition) is 1. The van der Waals surface area contributed by atoms with Crippen molar-refractivity contribution >= 4 is 6.01 Å². The number of para-hydroxylation sites is 1. The molecular weight excluding hydrogens is 206 g/mol. The molecule has 16 heavy (non-hydrogen) atoms. The van der Waals surface area contributed by atoms with Gasteiger partial charge in [-0.15, -0.1) is 5.10 Å². The van der Waals surface area contributed by atoms with Crippen LogP contribution in [-0.4, -0.2) is 10.2 Å². The summed E-state index contributed by atoms with van der Waals surface area (Å²) in [5.41, 5.74) is 4.67. The average Bonchev–Trinajstić information content (AvgIpc) is 2.66. The van der Waals surface area contributed by atoms with Crippen LogP contribution in [0.3, 0.4) is 0 Å². The maximum atomic E-state index is 5.75. The summed E-state index contributed by atoms with van der Waals surface area (Å²) < 4.78 is 10.9. The van der Waals surface area contributed by atoms with Gasteiger partial charge in [-0.2, -0.15) is 0 Å². The maximum Gasteiger partial charge on any atom is 0.312 e. The summed E-state index contributed by atoms with van der Waals surface area (Å²) in [6.07, 6.45) is 0. The molecule has 1 heterocycles. The van der Waals surface area contributed by atoms with Crippen molar-refractivity contribution in [1.29, 1.82) is 0 Å². The van der Waals surface area contributed by atoms with E-state index in [2.05, 4.69) is 10.2 Å². The van der Waals surface area contributed by atoms with Crippen LogP contribution >= 0.6 is 0 Å². The molecule has 0 radical (unpaired) electrons. The highest BCUT2D eigenvalue weighted by Gasteiger charge is 2.29. The van der Waals surface area contributed by atoms with Gasteiger partial charge < -0.3 is 14.9 Å². The van der Waals surface area contributed by atoms with Gasteiger partial charge in [0.15, 0.2) is 5.60 Å². The molecule has 0 unspecified atom stereocenters. The quantitative estimate of drug-likeness (QED) is 0.854. The molecule has 5 heteroatoms. The van der Waals surface area contributed by atoms with Gasteiger partial charge in [-0.1, -0.05) is 23.3 Å². The van der Waals surface area contributed by atoms with E-state index in [4.69, 9.17) is 14.9 Å². The van der Waals surface area contributed by atoms with E-state index in [9.17, 15) is 0 Å². The van der Waals surface area contributed by atoms with Crippen molar-refractivity contribution < 1.29 is 9.15 Å². The molecule has 1 aromatic carbocycles. The van der Waals surface area contributed by atoms with Crippen molar-refractivity contribution in [1.82, 2.24) is 10.2 Å². The van der Waals surface area contributed by atoms with Crippen molar-refractivity contribution in [2.24, 2.45) is 0 Å². The third-order valence-corrected chi connectivity index (χ3v) is 2.07. The number of nitrogens with zero attached hydrogens (tertiary/aromatic N) is 2. The number of nitrogen functional groups attached to an aromatic ring is 1. The topological polar surface area (TPSA) is 74.2 Å². The van der Waals surface area contributed by atoms with Gasteiger partial charge >= 0.3 is 6.01 Å². The van der Waals surface area contributed by atoms with E-state index in [1.165, 1.54) is 0 Å². The molecule has 0 aliphatic rings. The van der Waals surface area contributed by atoms with E-state index in [-0.39, 0.29) is 6.01 Å². The van der Waals surface area contributed by atoms with Crippen LogP contribution in [-0.2, 0) is 5.60 Å². The smallest absolute Gasteiger partial charge is 0.312 e. The lowest BCUT2D eigenvalue weighted by Gasteiger charge is -2.22. The van der Waals surface area contributed by atoms with Crippen molar-refractivity contribution in [3.05, 3.63) is 36.2 Å². The monoisotopic (exact) mass is 219 g/mol. The fraction of sp³-hybridized carbons (Fsp3) is 0.273.